The summed E-state index contributed by atoms with van der Waals surface area (Å²) in [6.45, 7) is 0. The molecule has 5 heteroatoms. The number of aromatic nitrogens is 1. The number of sulfone groups is 1. The van der Waals surface area contributed by atoms with Crippen molar-refractivity contribution in [1.82, 2.24) is 4.98 Å². The summed E-state index contributed by atoms with van der Waals surface area (Å²) >= 11 is 0. The predicted octanol–water partition coefficient (Wildman–Crippen LogP) is 2.14. The quantitative estimate of drug-likeness (QED) is 0.832. The third-order valence-corrected chi connectivity index (χ3v) is 5.45. The molecule has 0 radical (unpaired) electrons. The van der Waals surface area contributed by atoms with Crippen LogP contribution in [-0.4, -0.2) is 30.9 Å². The predicted molar refractivity (Wildman–Crippen MR) is 81.5 cm³/mol. The van der Waals surface area contributed by atoms with Crippen LogP contribution in [0.2, 0.25) is 0 Å². The van der Waals surface area contributed by atoms with E-state index < -0.39 is 9.84 Å². The fourth-order valence-electron chi connectivity index (χ4n) is 2.61. The molecule has 0 saturated carbocycles. The number of anilines is 1. The topological polar surface area (TPSA) is 62.0 Å². The van der Waals surface area contributed by atoms with Crippen molar-refractivity contribution >= 4 is 26.4 Å². The molecule has 2 N–H and O–H groups in total. The van der Waals surface area contributed by atoms with Gasteiger partial charge in [-0.05, 0) is 31.0 Å². The minimum atomic E-state index is -2.82. The van der Waals surface area contributed by atoms with Gasteiger partial charge in [0.2, 0.25) is 0 Å². The van der Waals surface area contributed by atoms with E-state index >= 15 is 0 Å². The van der Waals surface area contributed by atoms with Crippen LogP contribution < -0.4 is 5.32 Å². The van der Waals surface area contributed by atoms with Crippen LogP contribution in [-0.2, 0) is 9.84 Å². The van der Waals surface area contributed by atoms with Crippen molar-refractivity contribution in [3.8, 4) is 12.3 Å². The lowest BCUT2D eigenvalue weighted by Crippen LogP contribution is -2.32. The second kappa shape index (κ2) is 4.88. The van der Waals surface area contributed by atoms with Crippen molar-refractivity contribution < 1.29 is 8.42 Å². The highest BCUT2D eigenvalue weighted by atomic mass is 32.2. The second-order valence-electron chi connectivity index (χ2n) is 5.16. The Bertz CT molecular complexity index is 770. The van der Waals surface area contributed by atoms with Crippen LogP contribution in [0.4, 0.5) is 5.69 Å². The van der Waals surface area contributed by atoms with Crippen molar-refractivity contribution in [2.45, 2.75) is 18.9 Å². The first-order valence-electron chi connectivity index (χ1n) is 6.63. The van der Waals surface area contributed by atoms with Gasteiger partial charge in [-0.2, -0.15) is 0 Å². The number of fused-ring (bicyclic) bond motifs is 1. The maximum Gasteiger partial charge on any atom is 0.150 e. The van der Waals surface area contributed by atoms with Crippen LogP contribution in [0.3, 0.4) is 0 Å². The first-order chi connectivity index (χ1) is 9.57. The van der Waals surface area contributed by atoms with E-state index in [-0.39, 0.29) is 17.5 Å². The molecule has 1 saturated heterocycles. The number of hydrogen-bond donors (Lipinski definition) is 2. The SMILES string of the molecule is C#Cc1cc2c(NC3CCS(=O)(=O)CC3)cccc2[nH]1. The standard InChI is InChI=1S/C15H16N2O2S/c1-2-11-10-13-14(16-11)4-3-5-15(13)17-12-6-8-20(18,19)9-7-12/h1,3-5,10,12,16-17H,6-9H2. The summed E-state index contributed by atoms with van der Waals surface area (Å²) in [5.74, 6) is 3.13. The van der Waals surface area contributed by atoms with E-state index in [2.05, 4.69) is 16.2 Å². The smallest absolute Gasteiger partial charge is 0.150 e. The zero-order valence-electron chi connectivity index (χ0n) is 11.0. The Labute approximate surface area is 118 Å². The van der Waals surface area contributed by atoms with Crippen LogP contribution in [0.5, 0.6) is 0 Å². The number of nitrogens with one attached hydrogen (secondary N) is 2. The lowest BCUT2D eigenvalue weighted by atomic mass is 10.1. The molecule has 1 aromatic heterocycles. The van der Waals surface area contributed by atoms with Gasteiger partial charge >= 0.3 is 0 Å². The summed E-state index contributed by atoms with van der Waals surface area (Å²) in [6, 6.07) is 8.08. The Morgan fingerprint density at radius 3 is 2.75 bits per heavy atom. The molecule has 104 valence electrons. The van der Waals surface area contributed by atoms with Crippen molar-refractivity contribution in [1.29, 1.82) is 0 Å². The van der Waals surface area contributed by atoms with Crippen LogP contribution in [0.15, 0.2) is 24.3 Å². The van der Waals surface area contributed by atoms with E-state index in [1.807, 2.05) is 24.3 Å². The Kier molecular flexibility index (Phi) is 3.19. The van der Waals surface area contributed by atoms with Crippen molar-refractivity contribution in [2.24, 2.45) is 0 Å². The summed E-state index contributed by atoms with van der Waals surface area (Å²) in [5, 5.41) is 4.50. The molecule has 2 aromatic rings. The second-order valence-corrected chi connectivity index (χ2v) is 7.47. The zero-order valence-corrected chi connectivity index (χ0v) is 11.8. The van der Waals surface area contributed by atoms with Crippen LogP contribution in [0.1, 0.15) is 18.5 Å². The number of aromatic amines is 1. The first-order valence-corrected chi connectivity index (χ1v) is 8.45. The Morgan fingerprint density at radius 1 is 1.30 bits per heavy atom. The van der Waals surface area contributed by atoms with Gasteiger partial charge in [0.1, 0.15) is 9.84 Å². The highest BCUT2D eigenvalue weighted by molar-refractivity contribution is 7.91. The van der Waals surface area contributed by atoms with Gasteiger partial charge in [0.05, 0.1) is 17.2 Å². The van der Waals surface area contributed by atoms with E-state index in [0.717, 1.165) is 22.3 Å². The monoisotopic (exact) mass is 288 g/mol. The van der Waals surface area contributed by atoms with Gasteiger partial charge in [-0.15, -0.1) is 6.42 Å². The number of hydrogen-bond acceptors (Lipinski definition) is 3. The number of rotatable bonds is 2. The molecular formula is C15H16N2O2S. The molecule has 2 heterocycles. The third-order valence-electron chi connectivity index (χ3n) is 3.73. The van der Waals surface area contributed by atoms with Crippen molar-refractivity contribution in [3.05, 3.63) is 30.0 Å². The van der Waals surface area contributed by atoms with E-state index in [9.17, 15) is 8.42 Å². The summed E-state index contributed by atoms with van der Waals surface area (Å²) in [4.78, 5) is 3.16. The molecule has 0 aliphatic carbocycles. The fourth-order valence-corrected chi connectivity index (χ4v) is 4.10. The molecule has 1 aliphatic rings. The maximum atomic E-state index is 11.4. The lowest BCUT2D eigenvalue weighted by molar-refractivity contribution is 0.560. The molecule has 3 rings (SSSR count). The molecule has 0 atom stereocenters. The van der Waals surface area contributed by atoms with Gasteiger partial charge in [0.25, 0.3) is 0 Å². The number of H-pyrrole nitrogens is 1. The van der Waals surface area contributed by atoms with Crippen molar-refractivity contribution in [2.75, 3.05) is 16.8 Å². The van der Waals surface area contributed by atoms with Gasteiger partial charge in [0.15, 0.2) is 0 Å². The van der Waals surface area contributed by atoms with Crippen LogP contribution >= 0.6 is 0 Å². The fraction of sp³-hybridized carbons (Fsp3) is 0.333. The Hall–Kier alpha value is -1.93. The third kappa shape index (κ3) is 2.52. The van der Waals surface area contributed by atoms with Gasteiger partial charge in [0, 0.05) is 22.6 Å². The zero-order chi connectivity index (χ0) is 14.2. The van der Waals surface area contributed by atoms with E-state index in [1.165, 1.54) is 0 Å². The van der Waals surface area contributed by atoms with Gasteiger partial charge < -0.3 is 10.3 Å². The molecule has 1 fully saturated rings. The van der Waals surface area contributed by atoms with E-state index in [0.29, 0.717) is 12.8 Å². The number of terminal acetylenes is 1. The molecule has 0 unspecified atom stereocenters. The van der Waals surface area contributed by atoms with E-state index in [1.54, 1.807) is 0 Å². The molecule has 0 spiro atoms. The first kappa shape index (κ1) is 13.1. The molecular weight excluding hydrogens is 272 g/mol. The largest absolute Gasteiger partial charge is 0.382 e. The van der Waals surface area contributed by atoms with Gasteiger partial charge in [-0.1, -0.05) is 12.0 Å². The van der Waals surface area contributed by atoms with Gasteiger partial charge in [-0.3, -0.25) is 0 Å². The summed E-state index contributed by atoms with van der Waals surface area (Å²) in [5.41, 5.74) is 2.75. The number of benzene rings is 1. The average Bonchev–Trinajstić information content (AvgIpc) is 2.85. The van der Waals surface area contributed by atoms with Crippen LogP contribution in [0.25, 0.3) is 10.9 Å². The minimum absolute atomic E-state index is 0.202. The highest BCUT2D eigenvalue weighted by Crippen LogP contribution is 2.26. The molecule has 20 heavy (non-hydrogen) atoms. The van der Waals surface area contributed by atoms with Gasteiger partial charge in [-0.25, -0.2) is 8.42 Å². The van der Waals surface area contributed by atoms with E-state index in [4.69, 9.17) is 6.42 Å². The maximum absolute atomic E-state index is 11.4. The molecule has 1 aromatic carbocycles. The lowest BCUT2D eigenvalue weighted by Gasteiger charge is -2.24. The summed E-state index contributed by atoms with van der Waals surface area (Å²) < 4.78 is 22.9. The normalized spacial score (nSPS) is 18.8. The Balaban J connectivity index is 1.85. The Morgan fingerprint density at radius 2 is 2.05 bits per heavy atom. The molecule has 0 amide bonds. The summed E-state index contributed by atoms with van der Waals surface area (Å²) in [6.07, 6.45) is 6.73. The molecule has 1 aliphatic heterocycles. The average molecular weight is 288 g/mol. The molecule has 0 bridgehead atoms. The summed E-state index contributed by atoms with van der Waals surface area (Å²) in [7, 11) is -2.82. The van der Waals surface area contributed by atoms with Crippen LogP contribution in [0, 0.1) is 12.3 Å². The highest BCUT2D eigenvalue weighted by Gasteiger charge is 2.23. The van der Waals surface area contributed by atoms with Crippen molar-refractivity contribution in [3.63, 3.8) is 0 Å². The minimum Gasteiger partial charge on any atom is -0.382 e. The molecule has 4 nitrogen and oxygen atoms in total.